The molecule has 1 rings (SSSR count). The lowest BCUT2D eigenvalue weighted by Crippen LogP contribution is -2.14. The van der Waals surface area contributed by atoms with Crippen LogP contribution in [0.4, 0.5) is 0 Å². The Labute approximate surface area is 78.8 Å². The molecular formula is C11H16O2. The lowest BCUT2D eigenvalue weighted by atomic mass is 9.84. The quantitative estimate of drug-likeness (QED) is 0.695. The molecule has 0 aliphatic heterocycles. The minimum Gasteiger partial charge on any atom is -0.508 e. The molecule has 2 heteroatoms. The third-order valence-corrected chi connectivity index (χ3v) is 2.07. The number of hydrogen-bond acceptors (Lipinski definition) is 2. The number of aliphatic hydroxyl groups excluding tert-OH is 1. The number of benzene rings is 1. The summed E-state index contributed by atoms with van der Waals surface area (Å²) in [6, 6.07) is 5.07. The van der Waals surface area contributed by atoms with E-state index in [0.717, 1.165) is 11.1 Å². The molecule has 0 spiro atoms. The predicted octanol–water partition coefficient (Wildman–Crippen LogP) is 2.18. The van der Waals surface area contributed by atoms with Crippen LogP contribution in [-0.4, -0.2) is 10.2 Å². The Morgan fingerprint density at radius 2 is 1.85 bits per heavy atom. The lowest BCUT2D eigenvalue weighted by Gasteiger charge is -2.22. The maximum atomic E-state index is 9.31. The van der Waals surface area contributed by atoms with Crippen LogP contribution in [-0.2, 0) is 12.0 Å². The molecule has 0 radical (unpaired) electrons. The van der Waals surface area contributed by atoms with E-state index in [1.807, 2.05) is 0 Å². The number of phenolic OH excluding ortho intramolecular Hbond substituents is 1. The molecule has 1 aromatic rings. The molecule has 13 heavy (non-hydrogen) atoms. The fourth-order valence-corrected chi connectivity index (χ4v) is 1.40. The predicted molar refractivity (Wildman–Crippen MR) is 52.7 cm³/mol. The molecule has 2 N–H and O–H groups in total. The van der Waals surface area contributed by atoms with Crippen molar-refractivity contribution in [3.8, 4) is 5.75 Å². The molecule has 0 atom stereocenters. The molecule has 1 aromatic carbocycles. The van der Waals surface area contributed by atoms with Gasteiger partial charge in [0, 0.05) is 0 Å². The van der Waals surface area contributed by atoms with Crippen molar-refractivity contribution in [2.45, 2.75) is 32.8 Å². The highest BCUT2D eigenvalue weighted by Crippen LogP contribution is 2.28. The molecule has 0 amide bonds. The lowest BCUT2D eigenvalue weighted by molar-refractivity contribution is 0.278. The number of hydrogen-bond donors (Lipinski definition) is 2. The SMILES string of the molecule is CC(C)(C)c1cc(O)ccc1CO. The number of phenols is 1. The van der Waals surface area contributed by atoms with E-state index in [-0.39, 0.29) is 17.8 Å². The van der Waals surface area contributed by atoms with Crippen LogP contribution in [0.5, 0.6) is 5.75 Å². The first-order valence-electron chi connectivity index (χ1n) is 4.38. The monoisotopic (exact) mass is 180 g/mol. The van der Waals surface area contributed by atoms with Crippen molar-refractivity contribution in [2.24, 2.45) is 0 Å². The zero-order valence-electron chi connectivity index (χ0n) is 8.33. The second-order valence-electron chi connectivity index (χ2n) is 4.25. The van der Waals surface area contributed by atoms with Gasteiger partial charge in [0.25, 0.3) is 0 Å². The van der Waals surface area contributed by atoms with E-state index in [2.05, 4.69) is 20.8 Å². The van der Waals surface area contributed by atoms with E-state index >= 15 is 0 Å². The summed E-state index contributed by atoms with van der Waals surface area (Å²) in [5.41, 5.74) is 1.83. The van der Waals surface area contributed by atoms with Crippen LogP contribution < -0.4 is 0 Å². The summed E-state index contributed by atoms with van der Waals surface area (Å²) in [6.45, 7) is 6.19. The van der Waals surface area contributed by atoms with Gasteiger partial charge in [0.2, 0.25) is 0 Å². The van der Waals surface area contributed by atoms with Crippen LogP contribution in [0, 0.1) is 0 Å². The second-order valence-corrected chi connectivity index (χ2v) is 4.25. The van der Waals surface area contributed by atoms with E-state index in [0.29, 0.717) is 0 Å². The summed E-state index contributed by atoms with van der Waals surface area (Å²) >= 11 is 0. The zero-order valence-corrected chi connectivity index (χ0v) is 8.33. The smallest absolute Gasteiger partial charge is 0.115 e. The van der Waals surface area contributed by atoms with Crippen LogP contribution in [0.1, 0.15) is 31.9 Å². The van der Waals surface area contributed by atoms with Gasteiger partial charge < -0.3 is 10.2 Å². The van der Waals surface area contributed by atoms with Gasteiger partial charge in [-0.2, -0.15) is 0 Å². The van der Waals surface area contributed by atoms with Gasteiger partial charge in [0.1, 0.15) is 5.75 Å². The largest absolute Gasteiger partial charge is 0.508 e. The third kappa shape index (κ3) is 2.22. The van der Waals surface area contributed by atoms with Gasteiger partial charge in [0.05, 0.1) is 6.61 Å². The summed E-state index contributed by atoms with van der Waals surface area (Å²) in [4.78, 5) is 0. The summed E-state index contributed by atoms with van der Waals surface area (Å²) in [5.74, 6) is 0.252. The van der Waals surface area contributed by atoms with Crippen LogP contribution in [0.15, 0.2) is 18.2 Å². The molecule has 0 saturated carbocycles. The minimum atomic E-state index is -0.0448. The summed E-state index contributed by atoms with van der Waals surface area (Å²) in [6.07, 6.45) is 0. The van der Waals surface area contributed by atoms with Gasteiger partial charge in [-0.1, -0.05) is 26.8 Å². The number of aliphatic hydroxyl groups is 1. The van der Waals surface area contributed by atoms with Crippen molar-refractivity contribution in [1.82, 2.24) is 0 Å². The second kappa shape index (κ2) is 3.38. The van der Waals surface area contributed by atoms with Crippen molar-refractivity contribution in [3.05, 3.63) is 29.3 Å². The van der Waals surface area contributed by atoms with E-state index in [9.17, 15) is 5.11 Å². The first-order valence-corrected chi connectivity index (χ1v) is 4.38. The average molecular weight is 180 g/mol. The van der Waals surface area contributed by atoms with Crippen molar-refractivity contribution in [3.63, 3.8) is 0 Å². The molecule has 0 fully saturated rings. The number of rotatable bonds is 1. The summed E-state index contributed by atoms with van der Waals surface area (Å²) in [7, 11) is 0. The molecule has 0 saturated heterocycles. The highest BCUT2D eigenvalue weighted by Gasteiger charge is 2.17. The van der Waals surface area contributed by atoms with Gasteiger partial charge >= 0.3 is 0 Å². The van der Waals surface area contributed by atoms with E-state index in [1.165, 1.54) is 0 Å². The molecule has 0 heterocycles. The highest BCUT2D eigenvalue weighted by atomic mass is 16.3. The number of aromatic hydroxyl groups is 1. The summed E-state index contributed by atoms with van der Waals surface area (Å²) in [5, 5.41) is 18.4. The minimum absolute atomic E-state index is 0.0207. The van der Waals surface area contributed by atoms with Crippen molar-refractivity contribution in [1.29, 1.82) is 0 Å². The van der Waals surface area contributed by atoms with Crippen LogP contribution in [0.2, 0.25) is 0 Å². The van der Waals surface area contributed by atoms with E-state index in [1.54, 1.807) is 18.2 Å². The first-order chi connectivity index (χ1) is 5.95. The Bertz CT molecular complexity index is 297. The van der Waals surface area contributed by atoms with Gasteiger partial charge in [-0.3, -0.25) is 0 Å². The first kappa shape index (κ1) is 10.1. The Kier molecular flexibility index (Phi) is 2.62. The van der Waals surface area contributed by atoms with E-state index in [4.69, 9.17) is 5.11 Å². The van der Waals surface area contributed by atoms with Gasteiger partial charge in [0.15, 0.2) is 0 Å². The normalized spacial score (nSPS) is 11.7. The molecule has 72 valence electrons. The summed E-state index contributed by atoms with van der Waals surface area (Å²) < 4.78 is 0. The van der Waals surface area contributed by atoms with Crippen molar-refractivity contribution < 1.29 is 10.2 Å². The van der Waals surface area contributed by atoms with E-state index < -0.39 is 0 Å². The Balaban J connectivity index is 3.24. The third-order valence-electron chi connectivity index (χ3n) is 2.07. The van der Waals surface area contributed by atoms with Crippen molar-refractivity contribution in [2.75, 3.05) is 0 Å². The highest BCUT2D eigenvalue weighted by molar-refractivity contribution is 5.38. The van der Waals surface area contributed by atoms with Crippen molar-refractivity contribution >= 4 is 0 Å². The molecule has 0 aromatic heterocycles. The molecular weight excluding hydrogens is 164 g/mol. The van der Waals surface area contributed by atoms with Gasteiger partial charge in [-0.25, -0.2) is 0 Å². The van der Waals surface area contributed by atoms with Gasteiger partial charge in [-0.15, -0.1) is 0 Å². The van der Waals surface area contributed by atoms with Gasteiger partial charge in [-0.05, 0) is 28.7 Å². The standard InChI is InChI=1S/C11H16O2/c1-11(2,3)10-6-9(13)5-4-8(10)7-12/h4-6,12-13H,7H2,1-3H3. The average Bonchev–Trinajstić information content (AvgIpc) is 2.03. The maximum absolute atomic E-state index is 9.31. The molecule has 2 nitrogen and oxygen atoms in total. The van der Waals surface area contributed by atoms with Crippen LogP contribution in [0.25, 0.3) is 0 Å². The maximum Gasteiger partial charge on any atom is 0.115 e. The Morgan fingerprint density at radius 3 is 2.31 bits per heavy atom. The van der Waals surface area contributed by atoms with Crippen LogP contribution >= 0.6 is 0 Å². The topological polar surface area (TPSA) is 40.5 Å². The molecule has 0 unspecified atom stereocenters. The molecule has 0 bridgehead atoms. The molecule has 0 aliphatic carbocycles. The zero-order chi connectivity index (χ0) is 10.1. The fourth-order valence-electron chi connectivity index (χ4n) is 1.40. The fraction of sp³-hybridized carbons (Fsp3) is 0.455. The Hall–Kier alpha value is -1.02. The molecule has 0 aliphatic rings. The Morgan fingerprint density at radius 1 is 1.23 bits per heavy atom. The van der Waals surface area contributed by atoms with Crippen LogP contribution in [0.3, 0.4) is 0 Å².